The van der Waals surface area contributed by atoms with Crippen LogP contribution < -0.4 is 5.32 Å². The zero-order valence-electron chi connectivity index (χ0n) is 12.8. The first-order chi connectivity index (χ1) is 9.44. The molecule has 1 amide bonds. The van der Waals surface area contributed by atoms with Crippen molar-refractivity contribution in [2.75, 3.05) is 32.8 Å². The molecule has 0 saturated carbocycles. The van der Waals surface area contributed by atoms with E-state index in [2.05, 4.69) is 11.4 Å². The van der Waals surface area contributed by atoms with E-state index in [1.165, 1.54) is 5.57 Å². The zero-order chi connectivity index (χ0) is 14.6. The van der Waals surface area contributed by atoms with E-state index in [-0.39, 0.29) is 6.09 Å². The lowest BCUT2D eigenvalue weighted by atomic mass is 10.1. The van der Waals surface area contributed by atoms with Crippen LogP contribution >= 0.6 is 0 Å². The fourth-order valence-electron chi connectivity index (χ4n) is 2.34. The molecule has 5 nitrogen and oxygen atoms in total. The van der Waals surface area contributed by atoms with Crippen molar-refractivity contribution in [1.82, 2.24) is 10.2 Å². The standard InChI is InChI=1S/C15H26N2O3/c1-15(2,3)20-14(18)17-7-4-12(5-8-17)10-16-13-6-9-19-11-13/h4,13,16H,5-11H2,1-3H3. The summed E-state index contributed by atoms with van der Waals surface area (Å²) in [4.78, 5) is 13.7. The summed E-state index contributed by atoms with van der Waals surface area (Å²) in [6, 6.07) is 0.486. The van der Waals surface area contributed by atoms with Gasteiger partial charge in [0.2, 0.25) is 0 Å². The second kappa shape index (κ2) is 6.59. The third-order valence-corrected chi connectivity index (χ3v) is 3.50. The maximum Gasteiger partial charge on any atom is 0.410 e. The van der Waals surface area contributed by atoms with Gasteiger partial charge in [0.1, 0.15) is 5.60 Å². The molecule has 0 aliphatic carbocycles. The molecule has 0 spiro atoms. The van der Waals surface area contributed by atoms with Gasteiger partial charge in [-0.3, -0.25) is 0 Å². The van der Waals surface area contributed by atoms with Crippen molar-refractivity contribution in [3.05, 3.63) is 11.6 Å². The van der Waals surface area contributed by atoms with Crippen molar-refractivity contribution in [3.63, 3.8) is 0 Å². The van der Waals surface area contributed by atoms with Gasteiger partial charge in [-0.25, -0.2) is 4.79 Å². The van der Waals surface area contributed by atoms with Crippen LogP contribution in [0.5, 0.6) is 0 Å². The maximum absolute atomic E-state index is 11.9. The molecule has 0 radical (unpaired) electrons. The summed E-state index contributed by atoms with van der Waals surface area (Å²) in [5.41, 5.74) is 0.946. The minimum absolute atomic E-state index is 0.218. The highest BCUT2D eigenvalue weighted by Gasteiger charge is 2.23. The average Bonchev–Trinajstić information content (AvgIpc) is 2.88. The number of amides is 1. The SMILES string of the molecule is CC(C)(C)OC(=O)N1CC=C(CNC2CCOC2)CC1. The van der Waals surface area contributed by atoms with E-state index < -0.39 is 5.60 Å². The third-order valence-electron chi connectivity index (χ3n) is 3.50. The molecule has 1 unspecified atom stereocenters. The molecular formula is C15H26N2O3. The summed E-state index contributed by atoms with van der Waals surface area (Å²) in [5, 5.41) is 3.51. The van der Waals surface area contributed by atoms with Gasteiger partial charge in [0.05, 0.1) is 6.61 Å². The van der Waals surface area contributed by atoms with E-state index in [4.69, 9.17) is 9.47 Å². The van der Waals surface area contributed by atoms with Crippen LogP contribution in [-0.2, 0) is 9.47 Å². The van der Waals surface area contributed by atoms with Crippen LogP contribution in [0, 0.1) is 0 Å². The minimum Gasteiger partial charge on any atom is -0.444 e. The van der Waals surface area contributed by atoms with E-state index in [1.807, 2.05) is 20.8 Å². The number of nitrogens with one attached hydrogen (secondary N) is 1. The first-order valence-corrected chi connectivity index (χ1v) is 7.41. The lowest BCUT2D eigenvalue weighted by molar-refractivity contribution is 0.0265. The Kier molecular flexibility index (Phi) is 5.05. The van der Waals surface area contributed by atoms with E-state index in [9.17, 15) is 4.79 Å². The van der Waals surface area contributed by atoms with E-state index in [0.29, 0.717) is 12.6 Å². The molecule has 0 aromatic heterocycles. The van der Waals surface area contributed by atoms with Gasteiger partial charge in [0.25, 0.3) is 0 Å². The highest BCUT2D eigenvalue weighted by atomic mass is 16.6. The minimum atomic E-state index is -0.425. The third kappa shape index (κ3) is 4.80. The lowest BCUT2D eigenvalue weighted by Gasteiger charge is -2.29. The molecule has 0 aromatic carbocycles. The summed E-state index contributed by atoms with van der Waals surface area (Å²) >= 11 is 0. The van der Waals surface area contributed by atoms with E-state index in [1.54, 1.807) is 4.90 Å². The Morgan fingerprint density at radius 1 is 1.55 bits per heavy atom. The molecule has 20 heavy (non-hydrogen) atoms. The van der Waals surface area contributed by atoms with Crippen molar-refractivity contribution in [3.8, 4) is 0 Å². The number of carbonyl (C=O) groups excluding carboxylic acids is 1. The van der Waals surface area contributed by atoms with Crippen molar-refractivity contribution in [2.24, 2.45) is 0 Å². The summed E-state index contributed by atoms with van der Waals surface area (Å²) < 4.78 is 10.7. The molecule has 2 aliphatic rings. The highest BCUT2D eigenvalue weighted by Crippen LogP contribution is 2.15. The monoisotopic (exact) mass is 282 g/mol. The zero-order valence-corrected chi connectivity index (χ0v) is 12.8. The molecule has 2 rings (SSSR count). The fourth-order valence-corrected chi connectivity index (χ4v) is 2.34. The highest BCUT2D eigenvalue weighted by molar-refractivity contribution is 5.68. The number of rotatable bonds is 3. The molecule has 0 aromatic rings. The van der Waals surface area contributed by atoms with Crippen LogP contribution in [0.4, 0.5) is 4.79 Å². The van der Waals surface area contributed by atoms with Crippen LogP contribution in [0.25, 0.3) is 0 Å². The van der Waals surface area contributed by atoms with Gasteiger partial charge < -0.3 is 19.7 Å². The largest absolute Gasteiger partial charge is 0.444 e. The number of hydrogen-bond acceptors (Lipinski definition) is 4. The van der Waals surface area contributed by atoms with Crippen LogP contribution in [0.3, 0.4) is 0 Å². The Labute approximate surface area is 121 Å². The molecule has 5 heteroatoms. The van der Waals surface area contributed by atoms with Gasteiger partial charge in [0.15, 0.2) is 0 Å². The predicted octanol–water partition coefficient (Wildman–Crippen LogP) is 1.93. The second-order valence-electron chi connectivity index (χ2n) is 6.48. The summed E-state index contributed by atoms with van der Waals surface area (Å²) in [6.07, 6.45) is 3.93. The fraction of sp³-hybridized carbons (Fsp3) is 0.800. The van der Waals surface area contributed by atoms with Crippen LogP contribution in [0.1, 0.15) is 33.6 Å². The predicted molar refractivity (Wildman–Crippen MR) is 77.7 cm³/mol. The van der Waals surface area contributed by atoms with Crippen molar-refractivity contribution >= 4 is 6.09 Å². The number of hydrogen-bond donors (Lipinski definition) is 1. The molecule has 1 atom stereocenters. The Balaban J connectivity index is 1.73. The van der Waals surface area contributed by atoms with E-state index in [0.717, 1.165) is 39.1 Å². The Hall–Kier alpha value is -1.07. The van der Waals surface area contributed by atoms with Gasteiger partial charge in [-0.1, -0.05) is 11.6 Å². The molecule has 1 N–H and O–H groups in total. The first kappa shape index (κ1) is 15.3. The number of carbonyl (C=O) groups is 1. The first-order valence-electron chi connectivity index (χ1n) is 7.41. The van der Waals surface area contributed by atoms with Gasteiger partial charge in [0, 0.05) is 32.3 Å². The molecule has 2 aliphatic heterocycles. The quantitative estimate of drug-likeness (QED) is 0.804. The average molecular weight is 282 g/mol. The molecule has 1 saturated heterocycles. The smallest absolute Gasteiger partial charge is 0.410 e. The maximum atomic E-state index is 11.9. The van der Waals surface area contributed by atoms with Gasteiger partial charge in [-0.05, 0) is 33.6 Å². The van der Waals surface area contributed by atoms with Crippen molar-refractivity contribution in [2.45, 2.75) is 45.3 Å². The van der Waals surface area contributed by atoms with Crippen LogP contribution in [-0.4, -0.2) is 55.5 Å². The molecular weight excluding hydrogens is 256 g/mol. The van der Waals surface area contributed by atoms with Crippen LogP contribution in [0.15, 0.2) is 11.6 Å². The Morgan fingerprint density at radius 3 is 2.90 bits per heavy atom. The lowest BCUT2D eigenvalue weighted by Crippen LogP contribution is -2.40. The van der Waals surface area contributed by atoms with Crippen LogP contribution in [0.2, 0.25) is 0 Å². The summed E-state index contributed by atoms with van der Waals surface area (Å²) in [6.45, 7) is 9.64. The second-order valence-corrected chi connectivity index (χ2v) is 6.48. The number of ether oxygens (including phenoxy) is 2. The molecule has 114 valence electrons. The molecule has 2 heterocycles. The topological polar surface area (TPSA) is 50.8 Å². The van der Waals surface area contributed by atoms with Crippen molar-refractivity contribution < 1.29 is 14.3 Å². The molecule has 1 fully saturated rings. The van der Waals surface area contributed by atoms with Crippen molar-refractivity contribution in [1.29, 1.82) is 0 Å². The van der Waals surface area contributed by atoms with Gasteiger partial charge >= 0.3 is 6.09 Å². The summed E-state index contributed by atoms with van der Waals surface area (Å²) in [5.74, 6) is 0. The van der Waals surface area contributed by atoms with Gasteiger partial charge in [-0.15, -0.1) is 0 Å². The van der Waals surface area contributed by atoms with Gasteiger partial charge in [-0.2, -0.15) is 0 Å². The molecule has 0 bridgehead atoms. The number of nitrogens with zero attached hydrogens (tertiary/aromatic N) is 1. The van der Waals surface area contributed by atoms with E-state index >= 15 is 0 Å². The summed E-state index contributed by atoms with van der Waals surface area (Å²) in [7, 11) is 0. The normalized spacial score (nSPS) is 23.6. The Bertz CT molecular complexity index is 368. The Morgan fingerprint density at radius 2 is 2.35 bits per heavy atom.